The highest BCUT2D eigenvalue weighted by atomic mass is 32.2. The van der Waals surface area contributed by atoms with Crippen LogP contribution in [0.4, 0.5) is 10.1 Å². The summed E-state index contributed by atoms with van der Waals surface area (Å²) in [5, 5.41) is 0. The molecule has 1 fully saturated rings. The first-order valence-corrected chi connectivity index (χ1v) is 9.25. The fourth-order valence-corrected chi connectivity index (χ4v) is 5.05. The molecule has 9 heteroatoms. The van der Waals surface area contributed by atoms with Crippen molar-refractivity contribution < 1.29 is 21.2 Å². The summed E-state index contributed by atoms with van der Waals surface area (Å²) in [5.41, 5.74) is 5.07. The van der Waals surface area contributed by atoms with Crippen LogP contribution in [0.5, 0.6) is 0 Å². The largest absolute Gasteiger partial charge is 0.396 e. The molecule has 20 heavy (non-hydrogen) atoms. The highest BCUT2D eigenvalue weighted by Gasteiger charge is 2.29. The van der Waals surface area contributed by atoms with Gasteiger partial charge in [0.25, 0.3) is 0 Å². The maximum absolute atomic E-state index is 13.0. The normalized spacial score (nSPS) is 21.9. The number of benzene rings is 1. The second-order valence-electron chi connectivity index (χ2n) is 4.80. The van der Waals surface area contributed by atoms with Crippen molar-refractivity contribution in [1.82, 2.24) is 4.72 Å². The van der Waals surface area contributed by atoms with E-state index in [-0.39, 0.29) is 34.6 Å². The van der Waals surface area contributed by atoms with Gasteiger partial charge in [0, 0.05) is 6.54 Å². The zero-order chi connectivity index (χ0) is 15.0. The first-order chi connectivity index (χ1) is 9.20. The summed E-state index contributed by atoms with van der Waals surface area (Å²) in [4.78, 5) is -0.141. The number of sulfonamides is 1. The number of hydrogen-bond donors (Lipinski definition) is 2. The van der Waals surface area contributed by atoms with Crippen LogP contribution in [0.3, 0.4) is 0 Å². The van der Waals surface area contributed by atoms with E-state index >= 15 is 0 Å². The number of halogens is 1. The molecule has 6 nitrogen and oxygen atoms in total. The SMILES string of the molecule is Nc1cc(S(=O)(=O)NCC2CCS(=O)(=O)C2)ccc1F. The zero-order valence-corrected chi connectivity index (χ0v) is 12.2. The lowest BCUT2D eigenvalue weighted by Gasteiger charge is -2.11. The van der Waals surface area contributed by atoms with Gasteiger partial charge in [0.15, 0.2) is 9.84 Å². The van der Waals surface area contributed by atoms with Crippen molar-refractivity contribution in [2.75, 3.05) is 23.8 Å². The van der Waals surface area contributed by atoms with Crippen LogP contribution < -0.4 is 10.5 Å². The van der Waals surface area contributed by atoms with E-state index in [0.717, 1.165) is 18.2 Å². The van der Waals surface area contributed by atoms with Crippen LogP contribution in [-0.4, -0.2) is 34.9 Å². The molecule has 112 valence electrons. The molecule has 1 heterocycles. The van der Waals surface area contributed by atoms with Crippen molar-refractivity contribution in [3.05, 3.63) is 24.0 Å². The standard InChI is InChI=1S/C11H15FN2O4S2/c12-10-2-1-9(5-11(10)13)20(17,18)14-6-8-3-4-19(15,16)7-8/h1-2,5,8,14H,3-4,6-7,13H2. The van der Waals surface area contributed by atoms with E-state index in [0.29, 0.717) is 6.42 Å². The van der Waals surface area contributed by atoms with Gasteiger partial charge >= 0.3 is 0 Å². The molecule has 0 aromatic heterocycles. The lowest BCUT2D eigenvalue weighted by Crippen LogP contribution is -2.30. The summed E-state index contributed by atoms with van der Waals surface area (Å²) in [5.74, 6) is -0.845. The third-order valence-corrected chi connectivity index (χ3v) is 6.42. The smallest absolute Gasteiger partial charge is 0.240 e. The molecule has 1 atom stereocenters. The van der Waals surface area contributed by atoms with E-state index in [2.05, 4.69) is 4.72 Å². The van der Waals surface area contributed by atoms with Crippen LogP contribution in [-0.2, 0) is 19.9 Å². The number of anilines is 1. The molecule has 2 rings (SSSR count). The van der Waals surface area contributed by atoms with Gasteiger partial charge in [-0.05, 0) is 30.5 Å². The van der Waals surface area contributed by atoms with Gasteiger partial charge in [0.05, 0.1) is 22.1 Å². The third kappa shape index (κ3) is 3.47. The molecule has 1 aliphatic heterocycles. The van der Waals surface area contributed by atoms with Crippen LogP contribution in [0.15, 0.2) is 23.1 Å². The summed E-state index contributed by atoms with van der Waals surface area (Å²) < 4.78 is 61.8. The lowest BCUT2D eigenvalue weighted by atomic mass is 10.1. The van der Waals surface area contributed by atoms with E-state index in [1.54, 1.807) is 0 Å². The van der Waals surface area contributed by atoms with Crippen molar-refractivity contribution in [1.29, 1.82) is 0 Å². The maximum atomic E-state index is 13.0. The Balaban J connectivity index is 2.06. The van der Waals surface area contributed by atoms with Gasteiger partial charge in [-0.3, -0.25) is 0 Å². The molecule has 0 bridgehead atoms. The van der Waals surface area contributed by atoms with E-state index in [1.165, 1.54) is 0 Å². The molecule has 0 aliphatic carbocycles. The van der Waals surface area contributed by atoms with E-state index in [1.807, 2.05) is 0 Å². The van der Waals surface area contributed by atoms with E-state index in [4.69, 9.17) is 5.73 Å². The third-order valence-electron chi connectivity index (χ3n) is 3.17. The number of sulfone groups is 1. The average Bonchev–Trinajstić information content (AvgIpc) is 2.70. The minimum absolute atomic E-state index is 0.0128. The monoisotopic (exact) mass is 322 g/mol. The van der Waals surface area contributed by atoms with Gasteiger partial charge in [0.1, 0.15) is 5.82 Å². The fourth-order valence-electron chi connectivity index (χ4n) is 2.03. The Bertz CT molecular complexity index is 716. The molecule has 1 unspecified atom stereocenters. The first kappa shape index (κ1) is 15.2. The Morgan fingerprint density at radius 3 is 2.65 bits per heavy atom. The van der Waals surface area contributed by atoms with Gasteiger partial charge in [-0.15, -0.1) is 0 Å². The topological polar surface area (TPSA) is 106 Å². The Labute approximate surface area is 117 Å². The number of nitrogen functional groups attached to an aromatic ring is 1. The molecular weight excluding hydrogens is 307 g/mol. The van der Waals surface area contributed by atoms with Crippen molar-refractivity contribution in [2.45, 2.75) is 11.3 Å². The first-order valence-electron chi connectivity index (χ1n) is 5.95. The van der Waals surface area contributed by atoms with Crippen LogP contribution in [0.1, 0.15) is 6.42 Å². The summed E-state index contributed by atoms with van der Waals surface area (Å²) in [6.45, 7) is 0.0405. The predicted molar refractivity (Wildman–Crippen MR) is 72.8 cm³/mol. The summed E-state index contributed by atoms with van der Waals surface area (Å²) in [7, 11) is -6.86. The molecule has 0 spiro atoms. The predicted octanol–water partition coefficient (Wildman–Crippen LogP) is 0.121. The van der Waals surface area contributed by atoms with E-state index < -0.39 is 25.7 Å². The van der Waals surface area contributed by atoms with Crippen LogP contribution in [0.2, 0.25) is 0 Å². The fraction of sp³-hybridized carbons (Fsp3) is 0.455. The maximum Gasteiger partial charge on any atom is 0.240 e. The highest BCUT2D eigenvalue weighted by molar-refractivity contribution is 7.91. The quantitative estimate of drug-likeness (QED) is 0.766. The summed E-state index contributed by atoms with van der Waals surface area (Å²) in [6, 6.07) is 3.12. The van der Waals surface area contributed by atoms with Gasteiger partial charge in [-0.1, -0.05) is 0 Å². The zero-order valence-electron chi connectivity index (χ0n) is 10.5. The Hall–Kier alpha value is -1.19. The van der Waals surface area contributed by atoms with Crippen molar-refractivity contribution in [3.8, 4) is 0 Å². The highest BCUT2D eigenvalue weighted by Crippen LogP contribution is 2.20. The van der Waals surface area contributed by atoms with Gasteiger partial charge in [-0.2, -0.15) is 0 Å². The number of nitrogens with one attached hydrogen (secondary N) is 1. The second-order valence-corrected chi connectivity index (χ2v) is 8.80. The van der Waals surface area contributed by atoms with Gasteiger partial charge < -0.3 is 5.73 Å². The van der Waals surface area contributed by atoms with Crippen molar-refractivity contribution in [3.63, 3.8) is 0 Å². The molecule has 1 aliphatic rings. The summed E-state index contributed by atoms with van der Waals surface area (Å²) in [6.07, 6.45) is 0.441. The van der Waals surface area contributed by atoms with Gasteiger partial charge in [-0.25, -0.2) is 25.9 Å². The molecule has 0 radical (unpaired) electrons. The number of rotatable bonds is 4. The average molecular weight is 322 g/mol. The second kappa shape index (κ2) is 5.30. The number of hydrogen-bond acceptors (Lipinski definition) is 5. The molecule has 0 saturated carbocycles. The van der Waals surface area contributed by atoms with E-state index in [9.17, 15) is 21.2 Å². The molecule has 0 amide bonds. The minimum Gasteiger partial charge on any atom is -0.396 e. The lowest BCUT2D eigenvalue weighted by molar-refractivity contribution is 0.543. The van der Waals surface area contributed by atoms with Crippen LogP contribution in [0, 0.1) is 11.7 Å². The number of nitrogens with two attached hydrogens (primary N) is 1. The summed E-state index contributed by atoms with van der Waals surface area (Å²) >= 11 is 0. The van der Waals surface area contributed by atoms with Crippen LogP contribution >= 0.6 is 0 Å². The molecule has 3 N–H and O–H groups in total. The molecular formula is C11H15FN2O4S2. The Kier molecular flexibility index (Phi) is 4.03. The molecule has 1 aromatic carbocycles. The molecule has 1 saturated heterocycles. The van der Waals surface area contributed by atoms with Crippen molar-refractivity contribution in [2.24, 2.45) is 5.92 Å². The van der Waals surface area contributed by atoms with Crippen LogP contribution in [0.25, 0.3) is 0 Å². The minimum atomic E-state index is -3.82. The van der Waals surface area contributed by atoms with Crippen molar-refractivity contribution >= 4 is 25.5 Å². The Morgan fingerprint density at radius 2 is 2.10 bits per heavy atom. The Morgan fingerprint density at radius 1 is 1.40 bits per heavy atom. The molecule has 1 aromatic rings. The van der Waals surface area contributed by atoms with Gasteiger partial charge in [0.2, 0.25) is 10.0 Å².